The number of para-hydroxylation sites is 3. The van der Waals surface area contributed by atoms with Gasteiger partial charge in [0.1, 0.15) is 0 Å². The number of aromatic hydroxyl groups is 3. The van der Waals surface area contributed by atoms with Gasteiger partial charge in [-0.15, -0.1) is 0 Å². The van der Waals surface area contributed by atoms with Crippen LogP contribution in [0.3, 0.4) is 0 Å². The van der Waals surface area contributed by atoms with Gasteiger partial charge in [-0.1, -0.05) is 54.6 Å². The van der Waals surface area contributed by atoms with Gasteiger partial charge in [-0.05, 0) is 36.4 Å². The standard InChI is InChI=1S/3C9H7NO.Ir/c3*11-9-6-5-7-3-1-2-4-8(7)10-9;/h3*1-6H,(H,10,11);. The van der Waals surface area contributed by atoms with Crippen LogP contribution >= 0.6 is 0 Å². The number of hydrogen-bond donors (Lipinski definition) is 3. The van der Waals surface area contributed by atoms with E-state index in [4.69, 9.17) is 15.3 Å². The van der Waals surface area contributed by atoms with Crippen molar-refractivity contribution in [3.8, 4) is 17.6 Å². The third-order valence-corrected chi connectivity index (χ3v) is 4.75. The molecule has 3 aromatic heterocycles. The number of nitrogens with zero attached hydrogens (tertiary/aromatic N) is 3. The predicted molar refractivity (Wildman–Crippen MR) is 130 cm³/mol. The third kappa shape index (κ3) is 6.48. The van der Waals surface area contributed by atoms with Gasteiger partial charge < -0.3 is 15.3 Å². The van der Waals surface area contributed by atoms with Crippen LogP contribution < -0.4 is 0 Å². The van der Waals surface area contributed by atoms with Gasteiger partial charge in [-0.25, -0.2) is 15.0 Å². The Morgan fingerprint density at radius 2 is 0.618 bits per heavy atom. The molecule has 0 aliphatic carbocycles. The third-order valence-electron chi connectivity index (χ3n) is 4.75. The van der Waals surface area contributed by atoms with E-state index in [1.807, 2.05) is 91.0 Å². The molecule has 6 nitrogen and oxygen atoms in total. The van der Waals surface area contributed by atoms with Gasteiger partial charge in [0.25, 0.3) is 0 Å². The smallest absolute Gasteiger partial charge is 0.211 e. The quantitative estimate of drug-likeness (QED) is 0.196. The molecule has 7 heteroatoms. The minimum absolute atomic E-state index is 0. The van der Waals surface area contributed by atoms with Crippen molar-refractivity contribution in [2.75, 3.05) is 0 Å². The number of rotatable bonds is 0. The van der Waals surface area contributed by atoms with Gasteiger partial charge in [0.05, 0.1) is 16.6 Å². The molecule has 171 valence electrons. The van der Waals surface area contributed by atoms with Gasteiger partial charge in [0.2, 0.25) is 17.6 Å². The van der Waals surface area contributed by atoms with Crippen molar-refractivity contribution in [3.05, 3.63) is 109 Å². The molecule has 6 aromatic rings. The summed E-state index contributed by atoms with van der Waals surface area (Å²) in [6.07, 6.45) is 0. The van der Waals surface area contributed by atoms with Crippen molar-refractivity contribution in [2.24, 2.45) is 0 Å². The van der Waals surface area contributed by atoms with E-state index >= 15 is 0 Å². The molecule has 0 saturated heterocycles. The molecule has 0 saturated carbocycles. The summed E-state index contributed by atoms with van der Waals surface area (Å²) >= 11 is 0. The second kappa shape index (κ2) is 11.7. The summed E-state index contributed by atoms with van der Waals surface area (Å²) in [5.41, 5.74) is 2.48. The second-order valence-electron chi connectivity index (χ2n) is 7.09. The summed E-state index contributed by atoms with van der Waals surface area (Å²) in [7, 11) is 0. The number of fused-ring (bicyclic) bond motifs is 3. The van der Waals surface area contributed by atoms with Crippen LogP contribution in [0.5, 0.6) is 17.6 Å². The minimum atomic E-state index is 0. The van der Waals surface area contributed by atoms with Crippen molar-refractivity contribution in [1.29, 1.82) is 0 Å². The molecule has 3 heterocycles. The van der Waals surface area contributed by atoms with Crippen LogP contribution in [0, 0.1) is 0 Å². The molecule has 0 aliphatic rings. The normalized spacial score (nSPS) is 9.88. The average molecular weight is 628 g/mol. The maximum atomic E-state index is 9.02. The van der Waals surface area contributed by atoms with Crippen molar-refractivity contribution < 1.29 is 35.4 Å². The Labute approximate surface area is 209 Å². The zero-order valence-electron chi connectivity index (χ0n) is 17.9. The van der Waals surface area contributed by atoms with E-state index in [-0.39, 0.29) is 37.7 Å². The Hall–Kier alpha value is -4.06. The molecule has 0 atom stereocenters. The van der Waals surface area contributed by atoms with E-state index in [1.165, 1.54) is 0 Å². The molecule has 3 N–H and O–H groups in total. The van der Waals surface area contributed by atoms with E-state index in [9.17, 15) is 0 Å². The van der Waals surface area contributed by atoms with Crippen LogP contribution in [0.2, 0.25) is 0 Å². The number of pyridine rings is 3. The number of hydrogen-bond acceptors (Lipinski definition) is 6. The predicted octanol–water partition coefficient (Wildman–Crippen LogP) is 5.82. The zero-order valence-corrected chi connectivity index (χ0v) is 20.3. The fourth-order valence-corrected chi connectivity index (χ4v) is 3.17. The summed E-state index contributed by atoms with van der Waals surface area (Å²) < 4.78 is 0. The minimum Gasteiger partial charge on any atom is -0.493 e. The van der Waals surface area contributed by atoms with Crippen LogP contribution in [-0.4, -0.2) is 30.3 Å². The van der Waals surface area contributed by atoms with Gasteiger partial charge >= 0.3 is 0 Å². The Kier molecular flexibility index (Phi) is 8.46. The summed E-state index contributed by atoms with van der Waals surface area (Å²) in [6.45, 7) is 0. The van der Waals surface area contributed by atoms with Crippen molar-refractivity contribution in [2.45, 2.75) is 0 Å². The van der Waals surface area contributed by atoms with Crippen LogP contribution in [0.1, 0.15) is 0 Å². The molecule has 0 bridgehead atoms. The molecule has 0 fully saturated rings. The fourth-order valence-electron chi connectivity index (χ4n) is 3.17. The van der Waals surface area contributed by atoms with Gasteiger partial charge in [-0.3, -0.25) is 0 Å². The largest absolute Gasteiger partial charge is 0.493 e. The van der Waals surface area contributed by atoms with Crippen LogP contribution in [0.4, 0.5) is 0 Å². The van der Waals surface area contributed by atoms with E-state index in [0.29, 0.717) is 0 Å². The molecule has 0 spiro atoms. The van der Waals surface area contributed by atoms with Gasteiger partial charge in [0, 0.05) is 54.5 Å². The second-order valence-corrected chi connectivity index (χ2v) is 7.09. The maximum Gasteiger partial charge on any atom is 0.211 e. The molecule has 0 unspecified atom stereocenters. The average Bonchev–Trinajstić information content (AvgIpc) is 2.84. The number of benzene rings is 3. The Balaban J connectivity index is 0.000000141. The van der Waals surface area contributed by atoms with Crippen LogP contribution in [0.25, 0.3) is 32.7 Å². The maximum absolute atomic E-state index is 9.02. The first-order chi connectivity index (χ1) is 16.1. The topological polar surface area (TPSA) is 99.4 Å². The van der Waals surface area contributed by atoms with E-state index in [0.717, 1.165) is 32.7 Å². The fraction of sp³-hybridized carbons (Fsp3) is 0. The van der Waals surface area contributed by atoms with E-state index in [1.54, 1.807) is 18.2 Å². The summed E-state index contributed by atoms with van der Waals surface area (Å²) in [6, 6.07) is 33.3. The molecule has 6 rings (SSSR count). The first-order valence-corrected chi connectivity index (χ1v) is 10.2. The summed E-state index contributed by atoms with van der Waals surface area (Å²) in [4.78, 5) is 11.8. The summed E-state index contributed by atoms with van der Waals surface area (Å²) in [5.74, 6) is 0.219. The van der Waals surface area contributed by atoms with E-state index in [2.05, 4.69) is 15.0 Å². The van der Waals surface area contributed by atoms with Crippen LogP contribution in [0.15, 0.2) is 109 Å². The first-order valence-electron chi connectivity index (χ1n) is 10.2. The Morgan fingerprint density at radius 1 is 0.353 bits per heavy atom. The van der Waals surface area contributed by atoms with Crippen molar-refractivity contribution in [3.63, 3.8) is 0 Å². The Morgan fingerprint density at radius 3 is 0.912 bits per heavy atom. The monoisotopic (exact) mass is 628 g/mol. The van der Waals surface area contributed by atoms with Gasteiger partial charge in [-0.2, -0.15) is 0 Å². The zero-order chi connectivity index (χ0) is 23.0. The van der Waals surface area contributed by atoms with Crippen LogP contribution in [-0.2, 0) is 20.1 Å². The summed E-state index contributed by atoms with van der Waals surface area (Å²) in [5, 5.41) is 30.2. The molecule has 0 aliphatic heterocycles. The van der Waals surface area contributed by atoms with E-state index < -0.39 is 0 Å². The first kappa shape index (κ1) is 24.6. The van der Waals surface area contributed by atoms with Gasteiger partial charge in [0.15, 0.2) is 0 Å². The van der Waals surface area contributed by atoms with Crippen molar-refractivity contribution in [1.82, 2.24) is 15.0 Å². The molecule has 34 heavy (non-hydrogen) atoms. The number of aromatic nitrogens is 3. The molecule has 1 radical (unpaired) electrons. The Bertz CT molecular complexity index is 1340. The van der Waals surface area contributed by atoms with Crippen molar-refractivity contribution >= 4 is 32.7 Å². The SMILES string of the molecule is Oc1ccc2ccccc2n1.Oc1ccc2ccccc2n1.Oc1ccc2ccccc2n1.[Ir]. The molecular formula is C27H21IrN3O3. The molecular weight excluding hydrogens is 607 g/mol. The molecule has 0 amide bonds. The molecule has 3 aromatic carbocycles.